The number of hydrogen-bond donors (Lipinski definition) is 3. The second-order valence-electron chi connectivity index (χ2n) is 5.75. The van der Waals surface area contributed by atoms with E-state index in [2.05, 4.69) is 4.98 Å². The van der Waals surface area contributed by atoms with Crippen molar-refractivity contribution in [2.24, 2.45) is 0 Å². The average molecular weight is 321 g/mol. The zero-order valence-electron chi connectivity index (χ0n) is 12.8. The maximum Gasteiger partial charge on any atom is 0.255 e. The van der Waals surface area contributed by atoms with Crippen molar-refractivity contribution in [1.82, 2.24) is 14.5 Å². The van der Waals surface area contributed by atoms with Gasteiger partial charge in [-0.25, -0.2) is 4.98 Å². The molecule has 8 nitrogen and oxygen atoms in total. The highest BCUT2D eigenvalue weighted by atomic mass is 16.6. The minimum absolute atomic E-state index is 0.179. The van der Waals surface area contributed by atoms with Crippen LogP contribution in [-0.2, 0) is 4.74 Å². The third-order valence-corrected chi connectivity index (χ3v) is 4.03. The fraction of sp³-hybridized carbons (Fsp3) is 0.467. The Labute approximate surface area is 132 Å². The number of carbonyl (C=O) groups is 1. The summed E-state index contributed by atoms with van der Waals surface area (Å²) >= 11 is 0. The minimum Gasteiger partial charge on any atom is -0.394 e. The molecule has 1 amide bonds. The number of carbonyl (C=O) groups excluding carboxylic acids is 1. The third kappa shape index (κ3) is 2.49. The van der Waals surface area contributed by atoms with Crippen LogP contribution in [0.25, 0.3) is 11.0 Å². The number of rotatable bonds is 3. The predicted octanol–water partition coefficient (Wildman–Crippen LogP) is -0.650. The molecule has 2 aromatic rings. The van der Waals surface area contributed by atoms with Crippen LogP contribution in [-0.4, -0.2) is 74.7 Å². The quantitative estimate of drug-likeness (QED) is 0.693. The van der Waals surface area contributed by atoms with Crippen molar-refractivity contribution in [2.45, 2.75) is 24.5 Å². The van der Waals surface area contributed by atoms with Gasteiger partial charge in [-0.15, -0.1) is 0 Å². The summed E-state index contributed by atoms with van der Waals surface area (Å²) in [6, 6.07) is 5.15. The van der Waals surface area contributed by atoms with Gasteiger partial charge in [0.15, 0.2) is 6.23 Å². The molecule has 3 N–H and O–H groups in total. The lowest BCUT2D eigenvalue weighted by Crippen LogP contribution is -2.33. The summed E-state index contributed by atoms with van der Waals surface area (Å²) in [6.45, 7) is -0.397. The van der Waals surface area contributed by atoms with E-state index < -0.39 is 31.1 Å². The van der Waals surface area contributed by atoms with Gasteiger partial charge in [-0.05, 0) is 12.1 Å². The summed E-state index contributed by atoms with van der Waals surface area (Å²) in [6.07, 6.45) is -2.67. The molecule has 8 heteroatoms. The Morgan fingerprint density at radius 2 is 2.09 bits per heavy atom. The van der Waals surface area contributed by atoms with Gasteiger partial charge >= 0.3 is 0 Å². The molecule has 1 aromatic heterocycles. The van der Waals surface area contributed by atoms with E-state index in [1.807, 2.05) is 0 Å². The first-order valence-electron chi connectivity index (χ1n) is 7.25. The molecule has 23 heavy (non-hydrogen) atoms. The van der Waals surface area contributed by atoms with Crippen LogP contribution in [0.3, 0.4) is 0 Å². The molecule has 1 aliphatic rings. The summed E-state index contributed by atoms with van der Waals surface area (Å²) in [5, 5.41) is 29.2. The zero-order chi connectivity index (χ0) is 16.7. The molecule has 1 aromatic carbocycles. The topological polar surface area (TPSA) is 108 Å². The van der Waals surface area contributed by atoms with Crippen molar-refractivity contribution in [3.63, 3.8) is 0 Å². The molecule has 1 aliphatic heterocycles. The van der Waals surface area contributed by atoms with E-state index in [-0.39, 0.29) is 5.91 Å². The fourth-order valence-corrected chi connectivity index (χ4v) is 2.78. The van der Waals surface area contributed by atoms with Gasteiger partial charge in [0.05, 0.1) is 24.0 Å². The molecule has 4 unspecified atom stereocenters. The van der Waals surface area contributed by atoms with E-state index >= 15 is 0 Å². The summed E-state index contributed by atoms with van der Waals surface area (Å²) in [4.78, 5) is 17.9. The van der Waals surface area contributed by atoms with E-state index in [9.17, 15) is 20.1 Å². The summed E-state index contributed by atoms with van der Waals surface area (Å²) < 4.78 is 7.07. The van der Waals surface area contributed by atoms with E-state index in [1.54, 1.807) is 36.9 Å². The van der Waals surface area contributed by atoms with Crippen LogP contribution < -0.4 is 0 Å². The Morgan fingerprint density at radius 1 is 1.35 bits per heavy atom. The number of aliphatic hydroxyl groups is 3. The maximum atomic E-state index is 12.2. The van der Waals surface area contributed by atoms with Gasteiger partial charge in [0, 0.05) is 14.1 Å². The molecule has 4 atom stereocenters. The van der Waals surface area contributed by atoms with Gasteiger partial charge in [0.1, 0.15) is 23.8 Å². The molecule has 1 fully saturated rings. The molecule has 124 valence electrons. The minimum atomic E-state index is -1.20. The standard InChI is InChI=1S/C15H19N3O5/c1-17(2)14(22)8-4-3-5-9-11(8)16-7-18(9)15-13(21)12(20)10(6-19)23-15/h3-5,7,10,12-13,15,19-21H,6H2,1-2H3. The normalized spacial score (nSPS) is 27.5. The van der Waals surface area contributed by atoms with Crippen LogP contribution in [0, 0.1) is 0 Å². The number of nitrogens with zero attached hydrogens (tertiary/aromatic N) is 3. The molecule has 0 spiro atoms. The highest BCUT2D eigenvalue weighted by Crippen LogP contribution is 2.32. The van der Waals surface area contributed by atoms with E-state index in [0.717, 1.165) is 0 Å². The van der Waals surface area contributed by atoms with Crippen LogP contribution in [0.4, 0.5) is 0 Å². The van der Waals surface area contributed by atoms with Crippen molar-refractivity contribution in [3.8, 4) is 0 Å². The average Bonchev–Trinajstić information content (AvgIpc) is 3.08. The number of aromatic nitrogens is 2. The van der Waals surface area contributed by atoms with Gasteiger partial charge in [-0.1, -0.05) is 6.07 Å². The van der Waals surface area contributed by atoms with E-state index in [0.29, 0.717) is 16.6 Å². The molecule has 1 saturated heterocycles. The number of aliphatic hydroxyl groups excluding tert-OH is 3. The number of imidazole rings is 1. The fourth-order valence-electron chi connectivity index (χ4n) is 2.78. The van der Waals surface area contributed by atoms with Gasteiger partial charge in [0.2, 0.25) is 0 Å². The number of amides is 1. The van der Waals surface area contributed by atoms with Crippen LogP contribution in [0.5, 0.6) is 0 Å². The number of para-hydroxylation sites is 1. The van der Waals surface area contributed by atoms with Crippen LogP contribution >= 0.6 is 0 Å². The number of hydrogen-bond acceptors (Lipinski definition) is 6. The van der Waals surface area contributed by atoms with Crippen LogP contribution in [0.15, 0.2) is 24.5 Å². The van der Waals surface area contributed by atoms with Crippen LogP contribution in [0.2, 0.25) is 0 Å². The zero-order valence-corrected chi connectivity index (χ0v) is 12.8. The van der Waals surface area contributed by atoms with E-state index in [1.165, 1.54) is 11.2 Å². The Balaban J connectivity index is 2.04. The number of ether oxygens (including phenoxy) is 1. The SMILES string of the molecule is CN(C)C(=O)c1cccc2c1ncn2C1OC(CO)C(O)C1O. The van der Waals surface area contributed by atoms with Gasteiger partial charge in [-0.2, -0.15) is 0 Å². The predicted molar refractivity (Wildman–Crippen MR) is 80.8 cm³/mol. The number of benzene rings is 1. The maximum absolute atomic E-state index is 12.2. The lowest BCUT2D eigenvalue weighted by Gasteiger charge is -2.17. The van der Waals surface area contributed by atoms with Crippen molar-refractivity contribution >= 4 is 16.9 Å². The molecular formula is C15H19N3O5. The Bertz CT molecular complexity index is 729. The van der Waals surface area contributed by atoms with Gasteiger partial charge < -0.3 is 29.5 Å². The lowest BCUT2D eigenvalue weighted by atomic mass is 10.1. The molecule has 0 radical (unpaired) electrons. The first-order valence-corrected chi connectivity index (χ1v) is 7.25. The lowest BCUT2D eigenvalue weighted by molar-refractivity contribution is -0.0508. The summed E-state index contributed by atoms with van der Waals surface area (Å²) in [5.41, 5.74) is 1.54. The first-order chi connectivity index (χ1) is 11.0. The first kappa shape index (κ1) is 15.9. The molecule has 0 aliphatic carbocycles. The molecule has 3 rings (SSSR count). The van der Waals surface area contributed by atoms with Gasteiger partial charge in [-0.3, -0.25) is 4.79 Å². The molecule has 0 bridgehead atoms. The second-order valence-corrected chi connectivity index (χ2v) is 5.75. The largest absolute Gasteiger partial charge is 0.394 e. The molecule has 2 heterocycles. The Kier molecular flexibility index (Phi) is 4.07. The van der Waals surface area contributed by atoms with Crippen molar-refractivity contribution < 1.29 is 24.9 Å². The smallest absolute Gasteiger partial charge is 0.255 e. The third-order valence-electron chi connectivity index (χ3n) is 4.03. The van der Waals surface area contributed by atoms with Crippen LogP contribution in [0.1, 0.15) is 16.6 Å². The van der Waals surface area contributed by atoms with Crippen molar-refractivity contribution in [1.29, 1.82) is 0 Å². The monoisotopic (exact) mass is 321 g/mol. The van der Waals surface area contributed by atoms with E-state index in [4.69, 9.17) is 4.74 Å². The molecule has 0 saturated carbocycles. The summed E-state index contributed by atoms with van der Waals surface area (Å²) in [7, 11) is 3.31. The highest BCUT2D eigenvalue weighted by molar-refractivity contribution is 6.04. The molecular weight excluding hydrogens is 302 g/mol. The van der Waals surface area contributed by atoms with Gasteiger partial charge in [0.25, 0.3) is 5.91 Å². The number of fused-ring (bicyclic) bond motifs is 1. The Morgan fingerprint density at radius 3 is 2.70 bits per heavy atom. The second kappa shape index (κ2) is 5.89. The Hall–Kier alpha value is -2.00. The highest BCUT2D eigenvalue weighted by Gasteiger charge is 2.43. The summed E-state index contributed by atoms with van der Waals surface area (Å²) in [5.74, 6) is -0.179. The van der Waals surface area contributed by atoms with Crippen molar-refractivity contribution in [2.75, 3.05) is 20.7 Å². The van der Waals surface area contributed by atoms with Crippen molar-refractivity contribution in [3.05, 3.63) is 30.1 Å².